The van der Waals surface area contributed by atoms with Crippen LogP contribution in [0.5, 0.6) is 0 Å². The van der Waals surface area contributed by atoms with Gasteiger partial charge in [0.2, 0.25) is 11.8 Å². The quantitative estimate of drug-likeness (QED) is 0.751. The standard InChI is InChI=1S/C24H23N3O4/c28-21-11-10-20(23(30)26-21)27-13-15-12-16(8-9-18(15)24(27)31)25-22(29)19-7-3-5-14-4-1-2-6-17(14)19/h3,5,7-9,12,20H,1-2,4,6,10-11,13H2,(H,25,29)(H,26,28,30). The van der Waals surface area contributed by atoms with Crippen LogP contribution in [0.15, 0.2) is 36.4 Å². The number of hydrogen-bond acceptors (Lipinski definition) is 4. The molecule has 2 N–H and O–H groups in total. The second-order valence-electron chi connectivity index (χ2n) is 8.38. The molecule has 7 heteroatoms. The van der Waals surface area contributed by atoms with E-state index in [9.17, 15) is 19.2 Å². The summed E-state index contributed by atoms with van der Waals surface area (Å²) in [7, 11) is 0. The lowest BCUT2D eigenvalue weighted by Gasteiger charge is -2.29. The molecular formula is C24H23N3O4. The van der Waals surface area contributed by atoms with Gasteiger partial charge in [-0.25, -0.2) is 0 Å². The largest absolute Gasteiger partial charge is 0.322 e. The number of carbonyl (C=O) groups excluding carboxylic acids is 4. The van der Waals surface area contributed by atoms with E-state index in [-0.39, 0.29) is 30.7 Å². The lowest BCUT2D eigenvalue weighted by molar-refractivity contribution is -0.136. The number of aryl methyl sites for hydroxylation is 1. The Labute approximate surface area is 179 Å². The van der Waals surface area contributed by atoms with Gasteiger partial charge in [0.1, 0.15) is 6.04 Å². The Hall–Kier alpha value is -3.48. The molecule has 7 nitrogen and oxygen atoms in total. The first-order valence-electron chi connectivity index (χ1n) is 10.7. The van der Waals surface area contributed by atoms with Crippen molar-refractivity contribution in [1.29, 1.82) is 0 Å². The Morgan fingerprint density at radius 2 is 1.84 bits per heavy atom. The molecule has 0 spiro atoms. The summed E-state index contributed by atoms with van der Waals surface area (Å²) in [6, 6.07) is 10.4. The van der Waals surface area contributed by atoms with Gasteiger partial charge in [-0.3, -0.25) is 24.5 Å². The fraction of sp³-hybridized carbons (Fsp3) is 0.333. The Kier molecular flexibility index (Phi) is 4.81. The van der Waals surface area contributed by atoms with Crippen molar-refractivity contribution < 1.29 is 19.2 Å². The molecule has 0 saturated carbocycles. The Morgan fingerprint density at radius 1 is 1.00 bits per heavy atom. The molecule has 1 fully saturated rings. The van der Waals surface area contributed by atoms with Crippen LogP contribution in [0.1, 0.15) is 63.1 Å². The molecule has 158 valence electrons. The summed E-state index contributed by atoms with van der Waals surface area (Å²) in [6.07, 6.45) is 4.72. The van der Waals surface area contributed by atoms with E-state index in [1.54, 1.807) is 18.2 Å². The summed E-state index contributed by atoms with van der Waals surface area (Å²) in [4.78, 5) is 50.9. The van der Waals surface area contributed by atoms with Gasteiger partial charge in [-0.2, -0.15) is 0 Å². The molecule has 2 heterocycles. The van der Waals surface area contributed by atoms with Gasteiger partial charge >= 0.3 is 0 Å². The number of benzene rings is 2. The number of piperidine rings is 1. The minimum absolute atomic E-state index is 0.148. The molecule has 3 aliphatic rings. The van der Waals surface area contributed by atoms with Gasteiger partial charge in [0.05, 0.1) is 0 Å². The Balaban J connectivity index is 1.35. The number of nitrogens with zero attached hydrogens (tertiary/aromatic N) is 1. The Morgan fingerprint density at radius 3 is 2.68 bits per heavy atom. The third kappa shape index (κ3) is 3.50. The molecule has 2 aromatic rings. The van der Waals surface area contributed by atoms with Crippen LogP contribution in [0.2, 0.25) is 0 Å². The maximum absolute atomic E-state index is 13.0. The topological polar surface area (TPSA) is 95.6 Å². The summed E-state index contributed by atoms with van der Waals surface area (Å²) in [6.45, 7) is 0.283. The second-order valence-corrected chi connectivity index (χ2v) is 8.38. The van der Waals surface area contributed by atoms with Crippen LogP contribution in [-0.4, -0.2) is 34.6 Å². The number of nitrogens with one attached hydrogen (secondary N) is 2. The van der Waals surface area contributed by atoms with Gasteiger partial charge < -0.3 is 10.2 Å². The molecule has 4 amide bonds. The molecule has 2 aliphatic heterocycles. The van der Waals surface area contributed by atoms with Crippen LogP contribution in [0.4, 0.5) is 5.69 Å². The van der Waals surface area contributed by atoms with Crippen LogP contribution in [-0.2, 0) is 29.0 Å². The fourth-order valence-corrected chi connectivity index (χ4v) is 4.84. The Bertz CT molecular complexity index is 1120. The van der Waals surface area contributed by atoms with Crippen molar-refractivity contribution in [2.24, 2.45) is 0 Å². The number of amides is 4. The highest BCUT2D eigenvalue weighted by atomic mass is 16.2. The number of imide groups is 1. The average Bonchev–Trinajstić information content (AvgIpc) is 3.09. The minimum Gasteiger partial charge on any atom is -0.322 e. The molecule has 1 unspecified atom stereocenters. The number of anilines is 1. The first-order valence-corrected chi connectivity index (χ1v) is 10.7. The van der Waals surface area contributed by atoms with Crippen molar-refractivity contribution in [2.75, 3.05) is 5.32 Å². The molecule has 0 bridgehead atoms. The number of fused-ring (bicyclic) bond motifs is 2. The first-order chi connectivity index (χ1) is 15.0. The maximum Gasteiger partial charge on any atom is 0.255 e. The van der Waals surface area contributed by atoms with E-state index in [1.807, 2.05) is 12.1 Å². The van der Waals surface area contributed by atoms with Gasteiger partial charge in [0.25, 0.3) is 11.8 Å². The summed E-state index contributed by atoms with van der Waals surface area (Å²) in [5, 5.41) is 5.27. The molecule has 0 aromatic heterocycles. The van der Waals surface area contributed by atoms with Crippen LogP contribution in [0.3, 0.4) is 0 Å². The molecule has 2 aromatic carbocycles. The SMILES string of the molecule is O=C1CCC(N2Cc3cc(NC(=O)c4cccc5c4CCCC5)ccc3C2=O)C(=O)N1. The van der Waals surface area contributed by atoms with E-state index >= 15 is 0 Å². The van der Waals surface area contributed by atoms with Crippen LogP contribution >= 0.6 is 0 Å². The smallest absolute Gasteiger partial charge is 0.255 e. The summed E-state index contributed by atoms with van der Waals surface area (Å²) in [5.41, 5.74) is 5.00. The van der Waals surface area contributed by atoms with Gasteiger partial charge in [-0.1, -0.05) is 12.1 Å². The van der Waals surface area contributed by atoms with E-state index in [1.165, 1.54) is 10.5 Å². The lowest BCUT2D eigenvalue weighted by atomic mass is 9.88. The zero-order chi connectivity index (χ0) is 21.5. The highest BCUT2D eigenvalue weighted by Gasteiger charge is 2.39. The third-order valence-corrected chi connectivity index (χ3v) is 6.42. The van der Waals surface area contributed by atoms with Gasteiger partial charge in [0.15, 0.2) is 0 Å². The minimum atomic E-state index is -0.647. The predicted molar refractivity (Wildman–Crippen MR) is 114 cm³/mol. The maximum atomic E-state index is 13.0. The summed E-state index contributed by atoms with van der Waals surface area (Å²) in [5.74, 6) is -1.11. The molecule has 1 saturated heterocycles. The van der Waals surface area contributed by atoms with Gasteiger partial charge in [-0.15, -0.1) is 0 Å². The van der Waals surface area contributed by atoms with E-state index < -0.39 is 11.9 Å². The molecule has 0 radical (unpaired) electrons. The van der Waals surface area contributed by atoms with Crippen molar-refractivity contribution in [3.05, 3.63) is 64.2 Å². The fourth-order valence-electron chi connectivity index (χ4n) is 4.84. The van der Waals surface area contributed by atoms with E-state index in [0.29, 0.717) is 23.2 Å². The van der Waals surface area contributed by atoms with Crippen molar-refractivity contribution >= 4 is 29.3 Å². The van der Waals surface area contributed by atoms with E-state index in [4.69, 9.17) is 0 Å². The summed E-state index contributed by atoms with van der Waals surface area (Å²) >= 11 is 0. The van der Waals surface area contributed by atoms with Gasteiger partial charge in [-0.05, 0) is 73.1 Å². The lowest BCUT2D eigenvalue weighted by Crippen LogP contribution is -2.52. The van der Waals surface area contributed by atoms with E-state index in [2.05, 4.69) is 16.7 Å². The zero-order valence-electron chi connectivity index (χ0n) is 17.1. The monoisotopic (exact) mass is 417 g/mol. The second kappa shape index (κ2) is 7.65. The van der Waals surface area contributed by atoms with Crippen LogP contribution in [0.25, 0.3) is 0 Å². The predicted octanol–water partition coefficient (Wildman–Crippen LogP) is 2.58. The number of hydrogen-bond donors (Lipinski definition) is 2. The number of rotatable bonds is 3. The average molecular weight is 417 g/mol. The summed E-state index contributed by atoms with van der Waals surface area (Å²) < 4.78 is 0. The molecular weight excluding hydrogens is 394 g/mol. The highest BCUT2D eigenvalue weighted by molar-refractivity contribution is 6.07. The highest BCUT2D eigenvalue weighted by Crippen LogP contribution is 2.30. The number of carbonyl (C=O) groups is 4. The van der Waals surface area contributed by atoms with E-state index in [0.717, 1.165) is 36.8 Å². The first kappa shape index (κ1) is 19.5. The van der Waals surface area contributed by atoms with Crippen LogP contribution in [0, 0.1) is 0 Å². The van der Waals surface area contributed by atoms with Crippen molar-refractivity contribution in [3.8, 4) is 0 Å². The molecule has 1 aliphatic carbocycles. The van der Waals surface area contributed by atoms with Gasteiger partial charge in [0, 0.05) is 29.8 Å². The molecule has 1 atom stereocenters. The molecule has 5 rings (SSSR count). The normalized spacial score (nSPS) is 20.2. The van der Waals surface area contributed by atoms with Crippen LogP contribution < -0.4 is 10.6 Å². The van der Waals surface area contributed by atoms with Crippen molar-refractivity contribution in [2.45, 2.75) is 51.1 Å². The third-order valence-electron chi connectivity index (χ3n) is 6.42. The zero-order valence-corrected chi connectivity index (χ0v) is 17.1. The van der Waals surface area contributed by atoms with Crippen molar-refractivity contribution in [1.82, 2.24) is 10.2 Å². The molecule has 31 heavy (non-hydrogen) atoms. The van der Waals surface area contributed by atoms with Crippen molar-refractivity contribution in [3.63, 3.8) is 0 Å².